The second-order valence-electron chi connectivity index (χ2n) is 5.05. The molecular weight excluding hydrogens is 280 g/mol. The second kappa shape index (κ2) is 8.31. The number of carbonyl (C=O) groups excluding carboxylic acids is 2. The molecule has 0 aromatic heterocycles. The SMILES string of the molecule is CC[C@H]1O[C@H](OCCO)[C@H](OC(C)=O)[C@@H](OC(C)=O)[C@@H]1C. The zero-order valence-corrected chi connectivity index (χ0v) is 12.9. The van der Waals surface area contributed by atoms with Gasteiger partial charge in [0.1, 0.15) is 6.10 Å². The van der Waals surface area contributed by atoms with Crippen LogP contribution in [0.1, 0.15) is 34.1 Å². The first-order valence-electron chi connectivity index (χ1n) is 7.13. The summed E-state index contributed by atoms with van der Waals surface area (Å²) in [6.07, 6.45) is -1.86. The first-order valence-corrected chi connectivity index (χ1v) is 7.13. The summed E-state index contributed by atoms with van der Waals surface area (Å²) in [5, 5.41) is 8.88. The van der Waals surface area contributed by atoms with Crippen LogP contribution in [-0.4, -0.2) is 54.9 Å². The number of hydrogen-bond donors (Lipinski definition) is 1. The Hall–Kier alpha value is -1.18. The summed E-state index contributed by atoms with van der Waals surface area (Å²) in [4.78, 5) is 22.6. The lowest BCUT2D eigenvalue weighted by Crippen LogP contribution is -2.57. The standard InChI is InChI=1S/C14H24O7/c1-5-11-8(2)12(19-9(3)16)13(20-10(4)17)14(21-11)18-7-6-15/h8,11-15H,5-7H2,1-4H3/t8-,11-,12+,13-,14+/m1/s1. The Labute approximate surface area is 124 Å². The van der Waals surface area contributed by atoms with E-state index >= 15 is 0 Å². The maximum Gasteiger partial charge on any atom is 0.303 e. The van der Waals surface area contributed by atoms with Crippen LogP contribution in [0.15, 0.2) is 0 Å². The first kappa shape index (κ1) is 17.9. The van der Waals surface area contributed by atoms with E-state index in [0.717, 1.165) is 0 Å². The molecule has 0 spiro atoms. The summed E-state index contributed by atoms with van der Waals surface area (Å²) in [6.45, 7) is 6.25. The minimum atomic E-state index is -0.869. The monoisotopic (exact) mass is 304 g/mol. The van der Waals surface area contributed by atoms with Crippen LogP contribution in [0, 0.1) is 5.92 Å². The van der Waals surface area contributed by atoms with E-state index in [1.165, 1.54) is 13.8 Å². The van der Waals surface area contributed by atoms with E-state index in [1.54, 1.807) is 0 Å². The minimum absolute atomic E-state index is 0.0417. The molecule has 0 aliphatic carbocycles. The third kappa shape index (κ3) is 4.94. The lowest BCUT2D eigenvalue weighted by atomic mass is 9.89. The highest BCUT2D eigenvalue weighted by atomic mass is 16.7. The second-order valence-corrected chi connectivity index (χ2v) is 5.05. The van der Waals surface area contributed by atoms with Gasteiger partial charge in [-0.05, 0) is 6.42 Å². The highest BCUT2D eigenvalue weighted by Gasteiger charge is 2.47. The minimum Gasteiger partial charge on any atom is -0.458 e. The van der Waals surface area contributed by atoms with Gasteiger partial charge in [0, 0.05) is 19.8 Å². The molecule has 1 rings (SSSR count). The summed E-state index contributed by atoms with van der Waals surface area (Å²) in [7, 11) is 0. The van der Waals surface area contributed by atoms with Gasteiger partial charge >= 0.3 is 11.9 Å². The molecule has 1 aliphatic heterocycles. The van der Waals surface area contributed by atoms with Crippen molar-refractivity contribution in [1.82, 2.24) is 0 Å². The van der Waals surface area contributed by atoms with Crippen molar-refractivity contribution in [2.24, 2.45) is 5.92 Å². The van der Waals surface area contributed by atoms with Gasteiger partial charge in [0.15, 0.2) is 12.4 Å². The quantitative estimate of drug-likeness (QED) is 0.720. The predicted octanol–water partition coefficient (Wildman–Crippen LogP) is 0.630. The molecular formula is C14H24O7. The smallest absolute Gasteiger partial charge is 0.303 e. The van der Waals surface area contributed by atoms with Gasteiger partial charge in [0.2, 0.25) is 0 Å². The molecule has 5 atom stereocenters. The van der Waals surface area contributed by atoms with Crippen LogP contribution in [0.25, 0.3) is 0 Å². The molecule has 1 fully saturated rings. The van der Waals surface area contributed by atoms with Gasteiger partial charge in [-0.25, -0.2) is 0 Å². The highest BCUT2D eigenvalue weighted by Crippen LogP contribution is 2.32. The number of hydrogen-bond acceptors (Lipinski definition) is 7. The van der Waals surface area contributed by atoms with Crippen molar-refractivity contribution in [2.45, 2.75) is 58.7 Å². The van der Waals surface area contributed by atoms with Gasteiger partial charge in [-0.2, -0.15) is 0 Å². The highest BCUT2D eigenvalue weighted by molar-refractivity contribution is 5.67. The van der Waals surface area contributed by atoms with Crippen LogP contribution in [0.2, 0.25) is 0 Å². The normalized spacial score (nSPS) is 32.5. The van der Waals surface area contributed by atoms with Crippen molar-refractivity contribution in [1.29, 1.82) is 0 Å². The Balaban J connectivity index is 2.97. The molecule has 1 N–H and O–H groups in total. The Bertz CT molecular complexity index is 357. The number of ether oxygens (including phenoxy) is 4. The van der Waals surface area contributed by atoms with Crippen LogP contribution in [0.5, 0.6) is 0 Å². The fraction of sp³-hybridized carbons (Fsp3) is 0.857. The van der Waals surface area contributed by atoms with Crippen molar-refractivity contribution in [2.75, 3.05) is 13.2 Å². The van der Waals surface area contributed by atoms with Crippen molar-refractivity contribution in [3.8, 4) is 0 Å². The fourth-order valence-electron chi connectivity index (χ4n) is 2.49. The number of aliphatic hydroxyl groups excluding tert-OH is 1. The molecule has 1 heterocycles. The molecule has 0 unspecified atom stereocenters. The van der Waals surface area contributed by atoms with Gasteiger partial charge in [-0.1, -0.05) is 13.8 Å². The molecule has 1 saturated heterocycles. The van der Waals surface area contributed by atoms with E-state index in [1.807, 2.05) is 13.8 Å². The molecule has 7 heteroatoms. The van der Waals surface area contributed by atoms with Crippen LogP contribution < -0.4 is 0 Å². The zero-order valence-electron chi connectivity index (χ0n) is 12.9. The zero-order chi connectivity index (χ0) is 16.0. The molecule has 1 aliphatic rings. The Morgan fingerprint density at radius 1 is 1.14 bits per heavy atom. The van der Waals surface area contributed by atoms with Crippen LogP contribution >= 0.6 is 0 Å². The lowest BCUT2D eigenvalue weighted by Gasteiger charge is -2.43. The maximum absolute atomic E-state index is 11.3. The number of aliphatic hydroxyl groups is 1. The van der Waals surface area contributed by atoms with Crippen LogP contribution in [-0.2, 0) is 28.5 Å². The maximum atomic E-state index is 11.3. The van der Waals surface area contributed by atoms with E-state index in [4.69, 9.17) is 24.1 Å². The molecule has 0 saturated carbocycles. The van der Waals surface area contributed by atoms with Crippen molar-refractivity contribution >= 4 is 11.9 Å². The van der Waals surface area contributed by atoms with Crippen LogP contribution in [0.3, 0.4) is 0 Å². The fourth-order valence-corrected chi connectivity index (χ4v) is 2.49. The van der Waals surface area contributed by atoms with E-state index in [2.05, 4.69) is 0 Å². The number of rotatable bonds is 6. The van der Waals surface area contributed by atoms with Gasteiger partial charge < -0.3 is 24.1 Å². The largest absolute Gasteiger partial charge is 0.458 e. The van der Waals surface area contributed by atoms with E-state index in [-0.39, 0.29) is 25.2 Å². The topological polar surface area (TPSA) is 91.3 Å². The van der Waals surface area contributed by atoms with Gasteiger partial charge in [0.05, 0.1) is 19.3 Å². The molecule has 0 aromatic rings. The lowest BCUT2D eigenvalue weighted by molar-refractivity contribution is -0.291. The van der Waals surface area contributed by atoms with Gasteiger partial charge in [-0.3, -0.25) is 9.59 Å². The third-order valence-corrected chi connectivity index (χ3v) is 3.39. The molecule has 0 aromatic carbocycles. The Morgan fingerprint density at radius 2 is 1.71 bits per heavy atom. The van der Waals surface area contributed by atoms with Crippen molar-refractivity contribution in [3.63, 3.8) is 0 Å². The van der Waals surface area contributed by atoms with Gasteiger partial charge in [-0.15, -0.1) is 0 Å². The van der Waals surface area contributed by atoms with E-state index in [0.29, 0.717) is 6.42 Å². The summed E-state index contributed by atoms with van der Waals surface area (Å²) in [5.41, 5.74) is 0. The third-order valence-electron chi connectivity index (χ3n) is 3.39. The molecule has 21 heavy (non-hydrogen) atoms. The Kier molecular flexibility index (Phi) is 7.07. The molecule has 122 valence electrons. The summed E-state index contributed by atoms with van der Waals surface area (Å²) < 4.78 is 21.7. The van der Waals surface area contributed by atoms with Crippen LogP contribution in [0.4, 0.5) is 0 Å². The molecule has 0 radical (unpaired) electrons. The summed E-state index contributed by atoms with van der Waals surface area (Å²) in [6, 6.07) is 0. The molecule has 7 nitrogen and oxygen atoms in total. The van der Waals surface area contributed by atoms with Crippen molar-refractivity contribution < 1.29 is 33.6 Å². The average molecular weight is 304 g/mol. The molecule has 0 amide bonds. The van der Waals surface area contributed by atoms with E-state index in [9.17, 15) is 9.59 Å². The van der Waals surface area contributed by atoms with E-state index < -0.39 is 30.4 Å². The Morgan fingerprint density at radius 3 is 2.19 bits per heavy atom. The summed E-state index contributed by atoms with van der Waals surface area (Å²) in [5.74, 6) is -1.11. The number of esters is 2. The van der Waals surface area contributed by atoms with Crippen molar-refractivity contribution in [3.05, 3.63) is 0 Å². The van der Waals surface area contributed by atoms with Gasteiger partial charge in [0.25, 0.3) is 0 Å². The predicted molar refractivity (Wildman–Crippen MR) is 72.3 cm³/mol. The number of carbonyl (C=O) groups is 2. The average Bonchev–Trinajstić information content (AvgIpc) is 2.41. The summed E-state index contributed by atoms with van der Waals surface area (Å²) >= 11 is 0. The first-order chi connectivity index (χ1) is 9.90. The molecule has 0 bridgehead atoms.